The van der Waals surface area contributed by atoms with E-state index in [1.165, 1.54) is 4.88 Å². The van der Waals surface area contributed by atoms with Crippen LogP contribution in [0.25, 0.3) is 0 Å². The molecule has 0 N–H and O–H groups in total. The SMILES string of the molecule is CC(CS)Cc1cncs1. The summed E-state index contributed by atoms with van der Waals surface area (Å²) in [6, 6.07) is 0. The molecule has 0 spiro atoms. The van der Waals surface area contributed by atoms with Gasteiger partial charge in [-0.3, -0.25) is 4.98 Å². The summed E-state index contributed by atoms with van der Waals surface area (Å²) in [6.07, 6.45) is 3.05. The minimum absolute atomic E-state index is 0.670. The zero-order valence-corrected chi connectivity index (χ0v) is 7.66. The molecule has 1 aromatic rings. The second kappa shape index (κ2) is 3.98. The highest BCUT2D eigenvalue weighted by Crippen LogP contribution is 2.12. The van der Waals surface area contributed by atoms with Crippen LogP contribution < -0.4 is 0 Å². The first-order chi connectivity index (χ1) is 4.83. The van der Waals surface area contributed by atoms with E-state index >= 15 is 0 Å². The van der Waals surface area contributed by atoms with Gasteiger partial charge in [0.05, 0.1) is 5.51 Å². The highest BCUT2D eigenvalue weighted by Gasteiger charge is 2.01. The Bertz CT molecular complexity index is 172. The second-order valence-corrected chi connectivity index (χ2v) is 3.80. The fourth-order valence-corrected chi connectivity index (χ4v) is 1.64. The van der Waals surface area contributed by atoms with E-state index in [4.69, 9.17) is 0 Å². The van der Waals surface area contributed by atoms with E-state index in [2.05, 4.69) is 24.5 Å². The summed E-state index contributed by atoms with van der Waals surface area (Å²) in [4.78, 5) is 5.37. The molecule has 0 bridgehead atoms. The van der Waals surface area contributed by atoms with Crippen molar-refractivity contribution in [3.63, 3.8) is 0 Å². The van der Waals surface area contributed by atoms with Crippen LogP contribution in [0.5, 0.6) is 0 Å². The molecular weight excluding hydrogens is 162 g/mol. The van der Waals surface area contributed by atoms with Gasteiger partial charge in [-0.2, -0.15) is 12.6 Å². The smallest absolute Gasteiger partial charge is 0.0794 e. The molecule has 1 unspecified atom stereocenters. The van der Waals surface area contributed by atoms with E-state index in [9.17, 15) is 0 Å². The third kappa shape index (κ3) is 2.31. The van der Waals surface area contributed by atoms with Gasteiger partial charge < -0.3 is 0 Å². The molecule has 56 valence electrons. The summed E-state index contributed by atoms with van der Waals surface area (Å²) in [5.41, 5.74) is 1.88. The number of thiol groups is 1. The summed E-state index contributed by atoms with van der Waals surface area (Å²) in [5.74, 6) is 1.63. The van der Waals surface area contributed by atoms with Crippen molar-refractivity contribution in [2.45, 2.75) is 13.3 Å². The van der Waals surface area contributed by atoms with E-state index in [0.717, 1.165) is 12.2 Å². The van der Waals surface area contributed by atoms with Crippen LogP contribution in [-0.4, -0.2) is 10.7 Å². The van der Waals surface area contributed by atoms with E-state index < -0.39 is 0 Å². The minimum Gasteiger partial charge on any atom is -0.253 e. The van der Waals surface area contributed by atoms with Crippen LogP contribution in [0, 0.1) is 5.92 Å². The van der Waals surface area contributed by atoms with Crippen molar-refractivity contribution in [2.75, 3.05) is 5.75 Å². The van der Waals surface area contributed by atoms with Crippen LogP contribution in [0.4, 0.5) is 0 Å². The van der Waals surface area contributed by atoms with Crippen LogP contribution >= 0.6 is 24.0 Å². The van der Waals surface area contributed by atoms with Crippen molar-refractivity contribution in [3.05, 3.63) is 16.6 Å². The fourth-order valence-electron chi connectivity index (χ4n) is 0.751. The van der Waals surface area contributed by atoms with Crippen LogP contribution in [-0.2, 0) is 6.42 Å². The first-order valence-corrected chi connectivity index (χ1v) is 4.82. The number of aromatic nitrogens is 1. The van der Waals surface area contributed by atoms with Crippen molar-refractivity contribution in [3.8, 4) is 0 Å². The molecule has 0 aliphatic carbocycles. The molecule has 0 amide bonds. The predicted molar refractivity (Wildman–Crippen MR) is 48.8 cm³/mol. The van der Waals surface area contributed by atoms with Crippen molar-refractivity contribution < 1.29 is 0 Å². The number of hydrogen-bond donors (Lipinski definition) is 1. The zero-order valence-electron chi connectivity index (χ0n) is 5.95. The highest BCUT2D eigenvalue weighted by atomic mass is 32.1. The Labute approximate surface area is 70.9 Å². The summed E-state index contributed by atoms with van der Waals surface area (Å²) in [6.45, 7) is 2.20. The van der Waals surface area contributed by atoms with E-state index in [0.29, 0.717) is 5.92 Å². The zero-order chi connectivity index (χ0) is 7.40. The monoisotopic (exact) mass is 173 g/mol. The van der Waals surface area contributed by atoms with Crippen molar-refractivity contribution in [2.24, 2.45) is 5.92 Å². The van der Waals surface area contributed by atoms with Crippen LogP contribution in [0.1, 0.15) is 11.8 Å². The fraction of sp³-hybridized carbons (Fsp3) is 0.571. The van der Waals surface area contributed by atoms with Gasteiger partial charge in [-0.15, -0.1) is 11.3 Å². The molecular formula is C7H11NS2. The third-order valence-electron chi connectivity index (χ3n) is 1.34. The summed E-state index contributed by atoms with van der Waals surface area (Å²) >= 11 is 5.93. The number of hydrogen-bond acceptors (Lipinski definition) is 3. The highest BCUT2D eigenvalue weighted by molar-refractivity contribution is 7.80. The molecule has 0 aromatic carbocycles. The predicted octanol–water partition coefficient (Wildman–Crippen LogP) is 2.25. The standard InChI is InChI=1S/C7H11NS2/c1-6(4-9)2-7-3-8-5-10-7/h3,5-6,9H,2,4H2,1H3. The molecule has 1 nitrogen and oxygen atoms in total. The number of rotatable bonds is 3. The maximum absolute atomic E-state index is 4.21. The average Bonchev–Trinajstić information content (AvgIpc) is 2.40. The van der Waals surface area contributed by atoms with Gasteiger partial charge in [0.25, 0.3) is 0 Å². The van der Waals surface area contributed by atoms with Gasteiger partial charge in [-0.25, -0.2) is 0 Å². The number of nitrogens with zero attached hydrogens (tertiary/aromatic N) is 1. The van der Waals surface area contributed by atoms with Crippen molar-refractivity contribution >= 4 is 24.0 Å². The lowest BCUT2D eigenvalue weighted by molar-refractivity contribution is 0.667. The maximum atomic E-state index is 4.21. The minimum atomic E-state index is 0.670. The Kier molecular flexibility index (Phi) is 3.22. The molecule has 0 saturated carbocycles. The Morgan fingerprint density at radius 1 is 1.80 bits per heavy atom. The lowest BCUT2D eigenvalue weighted by atomic mass is 10.1. The Balaban J connectivity index is 2.40. The maximum Gasteiger partial charge on any atom is 0.0794 e. The van der Waals surface area contributed by atoms with Gasteiger partial charge in [-0.1, -0.05) is 6.92 Å². The Hall–Kier alpha value is -0.0200. The Morgan fingerprint density at radius 3 is 3.10 bits per heavy atom. The average molecular weight is 173 g/mol. The molecule has 0 radical (unpaired) electrons. The van der Waals surface area contributed by atoms with Gasteiger partial charge >= 0.3 is 0 Å². The third-order valence-corrected chi connectivity index (χ3v) is 2.77. The van der Waals surface area contributed by atoms with Crippen molar-refractivity contribution in [1.29, 1.82) is 0 Å². The first kappa shape index (κ1) is 8.08. The molecule has 1 aromatic heterocycles. The van der Waals surface area contributed by atoms with Crippen LogP contribution in [0.15, 0.2) is 11.7 Å². The normalized spacial score (nSPS) is 13.4. The van der Waals surface area contributed by atoms with Crippen molar-refractivity contribution in [1.82, 2.24) is 4.98 Å². The molecule has 1 rings (SSSR count). The first-order valence-electron chi connectivity index (χ1n) is 3.31. The van der Waals surface area contributed by atoms with E-state index in [-0.39, 0.29) is 0 Å². The van der Waals surface area contributed by atoms with Crippen LogP contribution in [0.3, 0.4) is 0 Å². The topological polar surface area (TPSA) is 12.9 Å². The molecule has 0 aliphatic rings. The lowest BCUT2D eigenvalue weighted by Crippen LogP contribution is -1.98. The molecule has 1 heterocycles. The second-order valence-electron chi connectivity index (χ2n) is 2.46. The van der Waals surface area contributed by atoms with Gasteiger partial charge in [0.2, 0.25) is 0 Å². The summed E-state index contributed by atoms with van der Waals surface area (Å²) < 4.78 is 0. The van der Waals surface area contributed by atoms with Gasteiger partial charge in [0.1, 0.15) is 0 Å². The molecule has 1 atom stereocenters. The molecule has 3 heteroatoms. The lowest BCUT2D eigenvalue weighted by Gasteiger charge is -2.03. The summed E-state index contributed by atoms with van der Waals surface area (Å²) in [7, 11) is 0. The van der Waals surface area contributed by atoms with Gasteiger partial charge in [0.15, 0.2) is 0 Å². The van der Waals surface area contributed by atoms with E-state index in [1.54, 1.807) is 11.3 Å². The largest absolute Gasteiger partial charge is 0.253 e. The molecule has 0 saturated heterocycles. The van der Waals surface area contributed by atoms with Gasteiger partial charge in [0, 0.05) is 11.1 Å². The molecule has 0 fully saturated rings. The van der Waals surface area contributed by atoms with Gasteiger partial charge in [-0.05, 0) is 18.1 Å². The quantitative estimate of drug-likeness (QED) is 0.692. The summed E-state index contributed by atoms with van der Waals surface area (Å²) in [5, 5.41) is 0. The Morgan fingerprint density at radius 2 is 2.60 bits per heavy atom. The van der Waals surface area contributed by atoms with E-state index in [1.807, 2.05) is 11.7 Å². The number of thiazole rings is 1. The molecule has 0 aliphatic heterocycles. The molecule has 10 heavy (non-hydrogen) atoms. The van der Waals surface area contributed by atoms with Crippen LogP contribution in [0.2, 0.25) is 0 Å².